The summed E-state index contributed by atoms with van der Waals surface area (Å²) in [5, 5.41) is 6.62. The minimum atomic E-state index is -1.60. The third kappa shape index (κ3) is 3.46. The van der Waals surface area contributed by atoms with Crippen LogP contribution in [0.25, 0.3) is 0 Å². The van der Waals surface area contributed by atoms with E-state index in [0.29, 0.717) is 30.1 Å². The molecule has 0 aliphatic carbocycles. The second-order valence-electron chi connectivity index (χ2n) is 6.40. The van der Waals surface area contributed by atoms with Crippen LogP contribution in [-0.2, 0) is 17.9 Å². The van der Waals surface area contributed by atoms with Crippen LogP contribution in [-0.4, -0.2) is 39.7 Å². The summed E-state index contributed by atoms with van der Waals surface area (Å²) < 4.78 is 41.5. The van der Waals surface area contributed by atoms with E-state index >= 15 is 0 Å². The highest BCUT2D eigenvalue weighted by Crippen LogP contribution is 2.27. The molecule has 1 N–H and O–H groups in total. The average Bonchev–Trinajstić information content (AvgIpc) is 3.00. The zero-order valence-electron chi connectivity index (χ0n) is 15.0. The number of nitrogens with one attached hydrogen (secondary N) is 1. The molecule has 0 radical (unpaired) electrons. The summed E-state index contributed by atoms with van der Waals surface area (Å²) in [4.78, 5) is 27.1. The number of carbonyl (C=O) groups is 2. The largest absolute Gasteiger partial charge is 0.322 e. The van der Waals surface area contributed by atoms with Crippen molar-refractivity contribution in [3.8, 4) is 0 Å². The fourth-order valence-corrected chi connectivity index (χ4v) is 2.93. The van der Waals surface area contributed by atoms with Crippen molar-refractivity contribution in [1.29, 1.82) is 0 Å². The van der Waals surface area contributed by atoms with Gasteiger partial charge >= 0.3 is 6.03 Å². The maximum atomic E-state index is 13.4. The lowest BCUT2D eigenvalue weighted by Crippen LogP contribution is -2.47. The second-order valence-corrected chi connectivity index (χ2v) is 6.40. The molecule has 1 aliphatic heterocycles. The van der Waals surface area contributed by atoms with Gasteiger partial charge in [-0.05, 0) is 6.92 Å². The van der Waals surface area contributed by atoms with Crippen LogP contribution in [0.1, 0.15) is 19.5 Å². The molecule has 0 saturated carbocycles. The summed E-state index contributed by atoms with van der Waals surface area (Å²) in [6.07, 6.45) is 1.55. The van der Waals surface area contributed by atoms with E-state index in [4.69, 9.17) is 0 Å². The summed E-state index contributed by atoms with van der Waals surface area (Å²) in [5.74, 6) is -4.56. The van der Waals surface area contributed by atoms with E-state index in [1.807, 2.05) is 0 Å². The summed E-state index contributed by atoms with van der Waals surface area (Å²) in [6, 6.07) is 0.564. The van der Waals surface area contributed by atoms with E-state index < -0.39 is 23.5 Å². The molecular weight excluding hydrogens is 363 g/mol. The Balaban J connectivity index is 1.83. The van der Waals surface area contributed by atoms with Crippen LogP contribution in [0.3, 0.4) is 0 Å². The lowest BCUT2D eigenvalue weighted by atomic mass is 10.2. The van der Waals surface area contributed by atoms with E-state index in [1.54, 1.807) is 24.9 Å². The third-order valence-electron chi connectivity index (χ3n) is 4.55. The van der Waals surface area contributed by atoms with Crippen LogP contribution in [0, 0.1) is 17.5 Å². The van der Waals surface area contributed by atoms with Gasteiger partial charge in [0, 0.05) is 31.8 Å². The Kier molecular flexibility index (Phi) is 4.81. The van der Waals surface area contributed by atoms with Gasteiger partial charge in [0.2, 0.25) is 5.91 Å². The van der Waals surface area contributed by atoms with Crippen molar-refractivity contribution < 1.29 is 22.8 Å². The topological polar surface area (TPSA) is 70.5 Å². The van der Waals surface area contributed by atoms with Crippen molar-refractivity contribution >= 4 is 23.3 Å². The summed E-state index contributed by atoms with van der Waals surface area (Å²) >= 11 is 0. The average molecular weight is 381 g/mol. The molecule has 0 fully saturated rings. The molecular formula is C17H18F3N5O2. The first-order chi connectivity index (χ1) is 12.7. The van der Waals surface area contributed by atoms with Gasteiger partial charge in [0.1, 0.15) is 0 Å². The number of carbonyl (C=O) groups excluding carboxylic acids is 2. The van der Waals surface area contributed by atoms with Gasteiger partial charge in [-0.25, -0.2) is 18.0 Å². The normalized spacial score (nSPS) is 16.1. The number of nitrogens with zero attached hydrogens (tertiary/aromatic N) is 4. The number of fused-ring (bicyclic) bond motifs is 1. The number of hydrogen-bond donors (Lipinski definition) is 1. The molecule has 0 saturated heterocycles. The van der Waals surface area contributed by atoms with Crippen molar-refractivity contribution in [2.75, 3.05) is 17.3 Å². The van der Waals surface area contributed by atoms with Crippen molar-refractivity contribution in [2.24, 2.45) is 0 Å². The maximum Gasteiger partial charge on any atom is 0.322 e. The fourth-order valence-electron chi connectivity index (χ4n) is 2.93. The number of urea groups is 1. The van der Waals surface area contributed by atoms with Gasteiger partial charge in [-0.15, -0.1) is 0 Å². The number of rotatable bonds is 2. The van der Waals surface area contributed by atoms with E-state index in [0.717, 1.165) is 0 Å². The van der Waals surface area contributed by atoms with Gasteiger partial charge in [-0.1, -0.05) is 0 Å². The van der Waals surface area contributed by atoms with Gasteiger partial charge < -0.3 is 15.1 Å². The first kappa shape index (κ1) is 18.7. The Morgan fingerprint density at radius 2 is 1.89 bits per heavy atom. The molecule has 27 heavy (non-hydrogen) atoms. The number of halogens is 3. The van der Waals surface area contributed by atoms with Crippen molar-refractivity contribution in [3.05, 3.63) is 41.5 Å². The van der Waals surface area contributed by atoms with Crippen molar-refractivity contribution in [3.63, 3.8) is 0 Å². The molecule has 0 bridgehead atoms. The third-order valence-corrected chi connectivity index (χ3v) is 4.55. The number of anilines is 2. The lowest BCUT2D eigenvalue weighted by molar-refractivity contribution is -0.116. The second kappa shape index (κ2) is 6.93. The molecule has 10 heteroatoms. The molecule has 1 aromatic heterocycles. The Hall–Kier alpha value is -3.04. The highest BCUT2D eigenvalue weighted by atomic mass is 19.2. The van der Waals surface area contributed by atoms with Gasteiger partial charge in [-0.2, -0.15) is 5.10 Å². The lowest BCUT2D eigenvalue weighted by Gasteiger charge is -2.34. The van der Waals surface area contributed by atoms with E-state index in [-0.39, 0.29) is 24.2 Å². The Morgan fingerprint density at radius 1 is 1.26 bits per heavy atom. The highest BCUT2D eigenvalue weighted by Gasteiger charge is 2.31. The number of amides is 3. The van der Waals surface area contributed by atoms with Crippen LogP contribution >= 0.6 is 0 Å². The molecule has 3 amide bonds. The minimum Gasteiger partial charge on any atom is -0.314 e. The standard InChI is InChI=1S/C17H18F3N5O2/c1-9-7-25-15(14(6-21-25)23(3)10(2)26)8-24(9)17(27)22-11-4-12(18)16(20)13(19)5-11/h4-6,9H,7-8H2,1-3H3,(H,22,27)/t9-/m0/s1. The van der Waals surface area contributed by atoms with Crippen molar-refractivity contribution in [2.45, 2.75) is 33.0 Å². The zero-order chi connectivity index (χ0) is 19.9. The SMILES string of the molecule is CC(=O)N(C)c1cnn2c1CN(C(=O)Nc1cc(F)c(F)c(F)c1)[C@@H](C)C2. The molecule has 0 spiro atoms. The summed E-state index contributed by atoms with van der Waals surface area (Å²) in [7, 11) is 1.60. The Labute approximate surface area is 153 Å². The quantitative estimate of drug-likeness (QED) is 0.814. The van der Waals surface area contributed by atoms with Crippen LogP contribution in [0.15, 0.2) is 18.3 Å². The van der Waals surface area contributed by atoms with Gasteiger partial charge in [0.05, 0.1) is 36.7 Å². The fraction of sp³-hybridized carbons (Fsp3) is 0.353. The number of hydrogen-bond acceptors (Lipinski definition) is 3. The van der Waals surface area contributed by atoms with Crippen molar-refractivity contribution in [1.82, 2.24) is 14.7 Å². The Bertz CT molecular complexity index is 891. The first-order valence-corrected chi connectivity index (χ1v) is 8.20. The molecule has 2 heterocycles. The predicted molar refractivity (Wildman–Crippen MR) is 91.7 cm³/mol. The molecule has 7 nitrogen and oxygen atoms in total. The first-order valence-electron chi connectivity index (χ1n) is 8.20. The van der Waals surface area contributed by atoms with Crippen LogP contribution in [0.4, 0.5) is 29.3 Å². The molecule has 1 aliphatic rings. The molecule has 3 rings (SSSR count). The van der Waals surface area contributed by atoms with Crippen LogP contribution in [0.5, 0.6) is 0 Å². The van der Waals surface area contributed by atoms with Gasteiger partial charge in [-0.3, -0.25) is 9.48 Å². The molecule has 144 valence electrons. The number of benzene rings is 1. The van der Waals surface area contributed by atoms with Crippen LogP contribution in [0.2, 0.25) is 0 Å². The monoisotopic (exact) mass is 381 g/mol. The van der Waals surface area contributed by atoms with Crippen LogP contribution < -0.4 is 10.2 Å². The smallest absolute Gasteiger partial charge is 0.314 e. The highest BCUT2D eigenvalue weighted by molar-refractivity contribution is 5.92. The van der Waals surface area contributed by atoms with Gasteiger partial charge in [0.25, 0.3) is 0 Å². The van der Waals surface area contributed by atoms with E-state index in [1.165, 1.54) is 16.7 Å². The van der Waals surface area contributed by atoms with E-state index in [9.17, 15) is 22.8 Å². The zero-order valence-corrected chi connectivity index (χ0v) is 15.0. The predicted octanol–water partition coefficient (Wildman–Crippen LogP) is 2.72. The minimum absolute atomic E-state index is 0.145. The molecule has 0 unspecified atom stereocenters. The summed E-state index contributed by atoms with van der Waals surface area (Å²) in [5.41, 5.74) is 1.05. The number of aromatic nitrogens is 2. The summed E-state index contributed by atoms with van der Waals surface area (Å²) in [6.45, 7) is 3.74. The Morgan fingerprint density at radius 3 is 2.48 bits per heavy atom. The van der Waals surface area contributed by atoms with E-state index in [2.05, 4.69) is 10.4 Å². The maximum absolute atomic E-state index is 13.4. The molecule has 1 aromatic carbocycles. The van der Waals surface area contributed by atoms with Gasteiger partial charge in [0.15, 0.2) is 17.5 Å². The molecule has 1 atom stereocenters. The molecule has 2 aromatic rings.